The summed E-state index contributed by atoms with van der Waals surface area (Å²) in [6.45, 7) is 10.9. The molecule has 0 heterocycles. The van der Waals surface area contributed by atoms with Crippen molar-refractivity contribution >= 4 is 29.4 Å². The van der Waals surface area contributed by atoms with Crippen molar-refractivity contribution in [2.24, 2.45) is 0 Å². The maximum atomic E-state index is 6.12. The lowest BCUT2D eigenvalue weighted by molar-refractivity contribution is 0.319. The van der Waals surface area contributed by atoms with E-state index in [-0.39, 0.29) is 0 Å². The molecule has 0 unspecified atom stereocenters. The van der Waals surface area contributed by atoms with E-state index >= 15 is 0 Å². The lowest BCUT2D eigenvalue weighted by Gasteiger charge is -2.32. The van der Waals surface area contributed by atoms with Crippen LogP contribution in [0.4, 0.5) is 0 Å². The van der Waals surface area contributed by atoms with Crippen LogP contribution in [0.15, 0.2) is 10.5 Å². The van der Waals surface area contributed by atoms with Gasteiger partial charge in [0.2, 0.25) is 0 Å². The first-order valence-electron chi connectivity index (χ1n) is 5.34. The second-order valence-corrected chi connectivity index (χ2v) is 10.4. The van der Waals surface area contributed by atoms with Gasteiger partial charge in [0.15, 0.2) is 5.22 Å². The van der Waals surface area contributed by atoms with E-state index in [1.54, 1.807) is 7.11 Å². The van der Waals surface area contributed by atoms with E-state index in [1.807, 2.05) is 0 Å². The predicted octanol–water partition coefficient (Wildman–Crippen LogP) is 4.75. The van der Waals surface area contributed by atoms with Crippen molar-refractivity contribution in [2.75, 3.05) is 7.11 Å². The smallest absolute Gasteiger partial charge is 0.191 e. The van der Waals surface area contributed by atoms with Crippen LogP contribution < -0.4 is 0 Å². The molecule has 0 aromatic carbocycles. The zero-order valence-corrected chi connectivity index (χ0v) is 13.0. The molecule has 0 aliphatic heterocycles. The van der Waals surface area contributed by atoms with Gasteiger partial charge in [0, 0.05) is 5.31 Å². The molecule has 0 radical (unpaired) electrons. The molecule has 0 saturated heterocycles. The Labute approximate surface area is 104 Å². The maximum Gasteiger partial charge on any atom is 0.191 e. The van der Waals surface area contributed by atoms with Crippen LogP contribution in [0, 0.1) is 0 Å². The van der Waals surface area contributed by atoms with Crippen molar-refractivity contribution in [1.82, 2.24) is 0 Å². The topological polar surface area (TPSA) is 9.23 Å². The number of halogens is 1. The van der Waals surface area contributed by atoms with Crippen LogP contribution in [0.3, 0.4) is 0 Å². The van der Waals surface area contributed by atoms with Gasteiger partial charge < -0.3 is 4.74 Å². The summed E-state index contributed by atoms with van der Waals surface area (Å²) in [7, 11) is 1.61. The Balaban J connectivity index is 5.54. The van der Waals surface area contributed by atoms with Crippen molar-refractivity contribution in [3.8, 4) is 0 Å². The largest absolute Gasteiger partial charge is 0.486 e. The van der Waals surface area contributed by atoms with Crippen LogP contribution in [0.5, 0.6) is 0 Å². The number of rotatable bonds is 5. The first-order chi connectivity index (χ1) is 6.82. The van der Waals surface area contributed by atoms with Gasteiger partial charge in [0.05, 0.1) is 7.11 Å². The van der Waals surface area contributed by atoms with E-state index in [0.29, 0.717) is 16.5 Å². The van der Waals surface area contributed by atoms with Crippen molar-refractivity contribution in [3.05, 3.63) is 10.5 Å². The zero-order chi connectivity index (χ0) is 12.2. The van der Waals surface area contributed by atoms with Crippen molar-refractivity contribution in [2.45, 2.75) is 52.4 Å². The fourth-order valence-corrected chi connectivity index (χ4v) is 6.50. The summed E-state index contributed by atoms with van der Waals surface area (Å²) < 4.78 is 5.16. The minimum absolute atomic E-state index is 0.478. The van der Waals surface area contributed by atoms with Crippen molar-refractivity contribution in [1.29, 1.82) is 0 Å². The quantitative estimate of drug-likeness (QED) is 0.526. The first kappa shape index (κ1) is 15.5. The van der Waals surface area contributed by atoms with Crippen molar-refractivity contribution < 1.29 is 4.74 Å². The minimum atomic E-state index is -1.59. The van der Waals surface area contributed by atoms with Crippen LogP contribution in [-0.4, -0.2) is 18.4 Å². The van der Waals surface area contributed by atoms with E-state index < -0.39 is 6.04 Å². The first-order valence-corrected chi connectivity index (χ1v) is 8.66. The van der Waals surface area contributed by atoms with E-state index in [2.05, 4.69) is 34.6 Å². The molecule has 90 valence electrons. The van der Waals surface area contributed by atoms with Gasteiger partial charge >= 0.3 is 0 Å². The number of hydrogen-bond donors (Lipinski definition) is 0. The van der Waals surface area contributed by atoms with Crippen LogP contribution in [0.1, 0.15) is 41.0 Å². The molecule has 0 atom stereocenters. The summed E-state index contributed by atoms with van der Waals surface area (Å²) >= 11 is 12.0. The average Bonchev–Trinajstić information content (AvgIpc) is 2.17. The molecule has 15 heavy (non-hydrogen) atoms. The lowest BCUT2D eigenvalue weighted by atomic mass is 10.5. The minimum Gasteiger partial charge on any atom is -0.486 e. The highest BCUT2D eigenvalue weighted by atomic mass is 35.5. The second-order valence-electron chi connectivity index (χ2n) is 4.17. The Morgan fingerprint density at radius 3 is 1.87 bits per heavy atom. The molecule has 0 rings (SSSR count). The van der Waals surface area contributed by atoms with Gasteiger partial charge in [0.1, 0.15) is 0 Å². The molecule has 0 saturated carbocycles. The third-order valence-corrected chi connectivity index (χ3v) is 10.8. The second kappa shape index (κ2) is 6.27. The van der Waals surface area contributed by atoms with Gasteiger partial charge in [-0.3, -0.25) is 0 Å². The van der Waals surface area contributed by atoms with Crippen LogP contribution in [-0.2, 0) is 16.5 Å². The fourth-order valence-electron chi connectivity index (χ4n) is 1.86. The standard InChI is InChI=1S/C11H22ClOPS/c1-7-10(11(12)13-6)14(15,8(2)3)9(4)5/h8-9H,7H2,1-6H3/b11-10-. The Morgan fingerprint density at radius 2 is 1.67 bits per heavy atom. The highest BCUT2D eigenvalue weighted by Crippen LogP contribution is 2.64. The fraction of sp³-hybridized carbons (Fsp3) is 0.818. The molecule has 0 N–H and O–H groups in total. The molecule has 0 bridgehead atoms. The number of hydrogen-bond acceptors (Lipinski definition) is 2. The summed E-state index contributed by atoms with van der Waals surface area (Å²) in [6.07, 6.45) is 0.889. The van der Waals surface area contributed by atoms with Gasteiger partial charge in [0.25, 0.3) is 0 Å². The zero-order valence-electron chi connectivity index (χ0n) is 10.5. The van der Waals surface area contributed by atoms with E-state index in [4.69, 9.17) is 28.1 Å². The molecule has 0 spiro atoms. The van der Waals surface area contributed by atoms with Crippen LogP contribution >= 0.6 is 17.6 Å². The van der Waals surface area contributed by atoms with E-state index in [0.717, 1.165) is 11.7 Å². The molecular formula is C11H22ClOPS. The number of allylic oxidation sites excluding steroid dienone is 1. The van der Waals surface area contributed by atoms with Gasteiger partial charge in [-0.1, -0.05) is 46.4 Å². The molecule has 0 amide bonds. The monoisotopic (exact) mass is 268 g/mol. The maximum absolute atomic E-state index is 6.12. The third-order valence-electron chi connectivity index (χ3n) is 2.70. The summed E-state index contributed by atoms with van der Waals surface area (Å²) in [5.74, 6) is 0. The number of ether oxygens (including phenoxy) is 1. The summed E-state index contributed by atoms with van der Waals surface area (Å²) in [4.78, 5) is 0. The molecule has 0 fully saturated rings. The highest BCUT2D eigenvalue weighted by Gasteiger charge is 2.31. The Hall–Kier alpha value is 0.480. The van der Waals surface area contributed by atoms with Gasteiger partial charge in [-0.2, -0.15) is 0 Å². The molecular weight excluding hydrogens is 247 g/mol. The molecule has 4 heteroatoms. The van der Waals surface area contributed by atoms with Gasteiger partial charge in [-0.15, -0.1) is 0 Å². The molecule has 0 aromatic heterocycles. The highest BCUT2D eigenvalue weighted by molar-refractivity contribution is 8.17. The Morgan fingerprint density at radius 1 is 1.27 bits per heavy atom. The Bertz CT molecular complexity index is 272. The molecule has 0 aliphatic carbocycles. The molecule has 1 nitrogen and oxygen atoms in total. The van der Waals surface area contributed by atoms with E-state index in [9.17, 15) is 0 Å². The average molecular weight is 269 g/mol. The van der Waals surface area contributed by atoms with Crippen molar-refractivity contribution in [3.63, 3.8) is 0 Å². The SMILES string of the molecule is CC/C(=C(\Cl)OC)P(=S)(C(C)C)C(C)C. The van der Waals surface area contributed by atoms with Crippen LogP contribution in [0.25, 0.3) is 0 Å². The lowest BCUT2D eigenvalue weighted by Crippen LogP contribution is -2.11. The van der Waals surface area contributed by atoms with Gasteiger partial charge in [-0.05, 0) is 35.4 Å². The van der Waals surface area contributed by atoms with Crippen LogP contribution in [0.2, 0.25) is 0 Å². The van der Waals surface area contributed by atoms with Gasteiger partial charge in [-0.25, -0.2) is 0 Å². The molecule has 0 aromatic rings. The summed E-state index contributed by atoms with van der Waals surface area (Å²) in [6, 6.07) is -1.59. The Kier molecular flexibility index (Phi) is 6.47. The normalized spacial score (nSPS) is 14.5. The third kappa shape index (κ3) is 3.22. The molecule has 0 aliphatic rings. The summed E-state index contributed by atoms with van der Waals surface area (Å²) in [5.41, 5.74) is 0.956. The van der Waals surface area contributed by atoms with E-state index in [1.165, 1.54) is 0 Å². The number of methoxy groups -OCH3 is 1. The predicted molar refractivity (Wildman–Crippen MR) is 74.7 cm³/mol. The summed E-state index contributed by atoms with van der Waals surface area (Å²) in [5, 5.41) is 1.68.